The number of benzene rings is 2. The van der Waals surface area contributed by atoms with Gasteiger partial charge in [-0.15, -0.1) is 0 Å². The predicted octanol–water partition coefficient (Wildman–Crippen LogP) is 3.98. The number of amides is 1. The van der Waals surface area contributed by atoms with E-state index in [1.54, 1.807) is 40.3 Å². The second kappa shape index (κ2) is 8.94. The third-order valence-corrected chi connectivity index (χ3v) is 5.10. The number of nitrogens with zero attached hydrogens (tertiary/aromatic N) is 1. The molecule has 0 bridgehead atoms. The van der Waals surface area contributed by atoms with E-state index in [0.29, 0.717) is 42.6 Å². The molecule has 0 saturated carbocycles. The van der Waals surface area contributed by atoms with E-state index >= 15 is 0 Å². The smallest absolute Gasteiger partial charge is 0.410 e. The van der Waals surface area contributed by atoms with Crippen LogP contribution in [0.15, 0.2) is 30.3 Å². The summed E-state index contributed by atoms with van der Waals surface area (Å²) in [5.74, 6) is 2.59. The van der Waals surface area contributed by atoms with Crippen molar-refractivity contribution in [3.63, 3.8) is 0 Å². The Hall–Kier alpha value is -3.09. The van der Waals surface area contributed by atoms with Crippen LogP contribution in [0.5, 0.6) is 23.0 Å². The summed E-state index contributed by atoms with van der Waals surface area (Å²) in [6.45, 7) is 2.57. The largest absolute Gasteiger partial charge is 0.493 e. The zero-order chi connectivity index (χ0) is 21.0. The Labute approximate surface area is 171 Å². The molecular formula is C22H27NO6. The fourth-order valence-corrected chi connectivity index (χ4v) is 3.69. The highest BCUT2D eigenvalue weighted by Crippen LogP contribution is 2.43. The van der Waals surface area contributed by atoms with Gasteiger partial charge in [-0.3, -0.25) is 4.90 Å². The van der Waals surface area contributed by atoms with E-state index in [1.165, 1.54) is 0 Å². The number of carbonyl (C=O) groups excluding carboxylic acids is 1. The topological polar surface area (TPSA) is 66.5 Å². The van der Waals surface area contributed by atoms with Crippen molar-refractivity contribution in [1.29, 1.82) is 0 Å². The number of ether oxygens (including phenoxy) is 5. The summed E-state index contributed by atoms with van der Waals surface area (Å²) in [7, 11) is 6.41. The standard InChI is InChI=1S/C22H27NO6/c1-6-29-22(24)23-13-15-11-20(27-4)21(28-5)12-16(15)17(23)9-14-7-8-18(25-2)19(10-14)26-3/h7-8,10-12,17H,6,9,13H2,1-5H3/t17-/m0/s1. The zero-order valence-corrected chi connectivity index (χ0v) is 17.5. The number of carbonyl (C=O) groups is 1. The fraction of sp³-hybridized carbons (Fsp3) is 0.409. The van der Waals surface area contributed by atoms with Crippen LogP contribution in [0, 0.1) is 0 Å². The van der Waals surface area contributed by atoms with Crippen molar-refractivity contribution < 1.29 is 28.5 Å². The van der Waals surface area contributed by atoms with Gasteiger partial charge in [0.15, 0.2) is 23.0 Å². The molecule has 1 aliphatic rings. The lowest BCUT2D eigenvalue weighted by atomic mass is 9.97. The van der Waals surface area contributed by atoms with Crippen molar-refractivity contribution in [2.45, 2.75) is 25.9 Å². The molecule has 0 N–H and O–H groups in total. The summed E-state index contributed by atoms with van der Waals surface area (Å²) < 4.78 is 26.9. The van der Waals surface area contributed by atoms with E-state index in [-0.39, 0.29) is 12.1 Å². The van der Waals surface area contributed by atoms with Crippen LogP contribution < -0.4 is 18.9 Å². The minimum atomic E-state index is -0.341. The van der Waals surface area contributed by atoms with Gasteiger partial charge in [0.25, 0.3) is 0 Å². The van der Waals surface area contributed by atoms with Crippen molar-refractivity contribution in [3.8, 4) is 23.0 Å². The minimum absolute atomic E-state index is 0.193. The summed E-state index contributed by atoms with van der Waals surface area (Å²) in [5.41, 5.74) is 3.05. The molecule has 7 heteroatoms. The van der Waals surface area contributed by atoms with Crippen LogP contribution in [0.25, 0.3) is 0 Å². The number of methoxy groups -OCH3 is 4. The molecule has 0 fully saturated rings. The van der Waals surface area contributed by atoms with Gasteiger partial charge in [-0.25, -0.2) is 4.79 Å². The molecule has 2 aromatic rings. The van der Waals surface area contributed by atoms with Crippen LogP contribution in [-0.4, -0.2) is 46.0 Å². The summed E-state index contributed by atoms with van der Waals surface area (Å²) in [5, 5.41) is 0. The van der Waals surface area contributed by atoms with Crippen LogP contribution >= 0.6 is 0 Å². The second-order valence-corrected chi connectivity index (χ2v) is 6.64. The molecule has 0 unspecified atom stereocenters. The van der Waals surface area contributed by atoms with Crippen molar-refractivity contribution in [2.24, 2.45) is 0 Å². The van der Waals surface area contributed by atoms with Gasteiger partial charge in [-0.05, 0) is 54.3 Å². The second-order valence-electron chi connectivity index (χ2n) is 6.64. The Bertz CT molecular complexity index is 882. The summed E-state index contributed by atoms with van der Waals surface area (Å²) in [6, 6.07) is 9.45. The number of fused-ring (bicyclic) bond motifs is 1. The summed E-state index contributed by atoms with van der Waals surface area (Å²) >= 11 is 0. The molecule has 29 heavy (non-hydrogen) atoms. The van der Waals surface area contributed by atoms with E-state index in [1.807, 2.05) is 30.3 Å². The zero-order valence-electron chi connectivity index (χ0n) is 17.5. The van der Waals surface area contributed by atoms with Crippen molar-refractivity contribution in [3.05, 3.63) is 47.0 Å². The first-order chi connectivity index (χ1) is 14.1. The Balaban J connectivity index is 2.00. The lowest BCUT2D eigenvalue weighted by Crippen LogP contribution is -2.31. The van der Waals surface area contributed by atoms with Gasteiger partial charge in [0, 0.05) is 0 Å². The molecule has 3 rings (SSSR count). The summed E-state index contributed by atoms with van der Waals surface area (Å²) in [4.78, 5) is 14.4. The average Bonchev–Trinajstić information content (AvgIpc) is 3.09. The van der Waals surface area contributed by atoms with Gasteiger partial charge in [0.05, 0.1) is 47.6 Å². The van der Waals surface area contributed by atoms with E-state index < -0.39 is 0 Å². The molecule has 2 aromatic carbocycles. The maximum absolute atomic E-state index is 12.6. The monoisotopic (exact) mass is 401 g/mol. The molecule has 0 aliphatic carbocycles. The van der Waals surface area contributed by atoms with Gasteiger partial charge in [-0.1, -0.05) is 6.07 Å². The normalized spacial score (nSPS) is 14.9. The number of rotatable bonds is 7. The third kappa shape index (κ3) is 4.04. The van der Waals surface area contributed by atoms with Crippen LogP contribution in [0.2, 0.25) is 0 Å². The number of hydrogen-bond donors (Lipinski definition) is 0. The Morgan fingerprint density at radius 1 is 0.931 bits per heavy atom. The van der Waals surface area contributed by atoms with Crippen molar-refractivity contribution in [2.75, 3.05) is 35.0 Å². The molecule has 0 spiro atoms. The first-order valence-corrected chi connectivity index (χ1v) is 9.45. The van der Waals surface area contributed by atoms with Crippen molar-refractivity contribution in [1.82, 2.24) is 4.90 Å². The molecule has 0 aromatic heterocycles. The van der Waals surface area contributed by atoms with Gasteiger partial charge in [0.2, 0.25) is 0 Å². The molecule has 0 radical (unpaired) electrons. The highest BCUT2D eigenvalue weighted by atomic mass is 16.6. The van der Waals surface area contributed by atoms with Gasteiger partial charge < -0.3 is 23.7 Å². The Morgan fingerprint density at radius 2 is 1.55 bits per heavy atom. The van der Waals surface area contributed by atoms with Gasteiger partial charge in [0.1, 0.15) is 0 Å². The molecule has 1 aliphatic heterocycles. The first kappa shape index (κ1) is 20.6. The lowest BCUT2D eigenvalue weighted by molar-refractivity contribution is 0.0931. The van der Waals surface area contributed by atoms with E-state index in [2.05, 4.69) is 0 Å². The van der Waals surface area contributed by atoms with Crippen LogP contribution in [0.4, 0.5) is 4.79 Å². The molecule has 0 saturated heterocycles. The average molecular weight is 401 g/mol. The molecular weight excluding hydrogens is 374 g/mol. The van der Waals surface area contributed by atoms with Crippen molar-refractivity contribution >= 4 is 6.09 Å². The van der Waals surface area contributed by atoms with E-state index in [9.17, 15) is 4.79 Å². The predicted molar refractivity (Wildman–Crippen MR) is 108 cm³/mol. The molecule has 1 heterocycles. The highest BCUT2D eigenvalue weighted by Gasteiger charge is 2.36. The molecule has 1 amide bonds. The summed E-state index contributed by atoms with van der Waals surface area (Å²) in [6.07, 6.45) is 0.258. The van der Waals surface area contributed by atoms with Crippen LogP contribution in [0.3, 0.4) is 0 Å². The maximum atomic E-state index is 12.6. The minimum Gasteiger partial charge on any atom is -0.493 e. The van der Waals surface area contributed by atoms with E-state index in [0.717, 1.165) is 16.7 Å². The molecule has 156 valence electrons. The maximum Gasteiger partial charge on any atom is 0.410 e. The van der Waals surface area contributed by atoms with Crippen LogP contribution in [-0.2, 0) is 17.7 Å². The van der Waals surface area contributed by atoms with E-state index in [4.69, 9.17) is 23.7 Å². The number of hydrogen-bond acceptors (Lipinski definition) is 6. The Morgan fingerprint density at radius 3 is 2.17 bits per heavy atom. The highest BCUT2D eigenvalue weighted by molar-refractivity contribution is 5.70. The van der Waals surface area contributed by atoms with Crippen LogP contribution in [0.1, 0.15) is 29.7 Å². The van der Waals surface area contributed by atoms with Gasteiger partial charge >= 0.3 is 6.09 Å². The Kier molecular flexibility index (Phi) is 6.36. The first-order valence-electron chi connectivity index (χ1n) is 9.45. The SMILES string of the molecule is CCOC(=O)N1Cc2cc(OC)c(OC)cc2[C@@H]1Cc1ccc(OC)c(OC)c1. The third-order valence-electron chi connectivity index (χ3n) is 5.10. The van der Waals surface area contributed by atoms with Gasteiger partial charge in [-0.2, -0.15) is 0 Å². The lowest BCUT2D eigenvalue weighted by Gasteiger charge is -2.25. The quantitative estimate of drug-likeness (QED) is 0.699. The molecule has 7 nitrogen and oxygen atoms in total. The fourth-order valence-electron chi connectivity index (χ4n) is 3.69. The molecule has 1 atom stereocenters.